The fourth-order valence-corrected chi connectivity index (χ4v) is 2.29. The zero-order valence-electron chi connectivity index (χ0n) is 8.38. The van der Waals surface area contributed by atoms with E-state index in [2.05, 4.69) is 0 Å². The van der Waals surface area contributed by atoms with E-state index in [1.54, 1.807) is 6.08 Å². The van der Waals surface area contributed by atoms with Crippen LogP contribution in [0.1, 0.15) is 12.0 Å². The third kappa shape index (κ3) is 2.28. The van der Waals surface area contributed by atoms with Gasteiger partial charge in [-0.1, -0.05) is 53.0 Å². The van der Waals surface area contributed by atoms with Gasteiger partial charge in [0.25, 0.3) is 0 Å². The molecule has 0 bridgehead atoms. The maximum Gasteiger partial charge on any atom is 0.0649 e. The van der Waals surface area contributed by atoms with E-state index in [0.29, 0.717) is 21.5 Å². The predicted molar refractivity (Wildman–Crippen MR) is 69.8 cm³/mol. The lowest BCUT2D eigenvalue weighted by atomic mass is 9.85. The Bertz CT molecular complexity index is 479. The largest absolute Gasteiger partial charge is 0.318 e. The zero-order chi connectivity index (χ0) is 11.8. The van der Waals surface area contributed by atoms with Gasteiger partial charge in [0.15, 0.2) is 0 Å². The standard InChI is InChI=1S/C12H10Cl3N/c13-9-3-1-2-8(6-9)12(16)5-4-10(14)11(15)7-12/h1-6H,7,16H2. The predicted octanol–water partition coefficient (Wildman–Crippen LogP) is 4.14. The summed E-state index contributed by atoms with van der Waals surface area (Å²) in [5.41, 5.74) is 6.58. The molecule has 84 valence electrons. The summed E-state index contributed by atoms with van der Waals surface area (Å²) in [7, 11) is 0. The molecule has 1 aliphatic rings. The highest BCUT2D eigenvalue weighted by molar-refractivity contribution is 6.40. The van der Waals surface area contributed by atoms with Gasteiger partial charge in [0.05, 0.1) is 10.6 Å². The molecule has 0 heterocycles. The Morgan fingerprint density at radius 2 is 1.94 bits per heavy atom. The first-order valence-corrected chi connectivity index (χ1v) is 5.93. The van der Waals surface area contributed by atoms with Crippen LogP contribution in [-0.2, 0) is 5.54 Å². The summed E-state index contributed by atoms with van der Waals surface area (Å²) in [6, 6.07) is 7.45. The van der Waals surface area contributed by atoms with Gasteiger partial charge in [-0.25, -0.2) is 0 Å². The van der Waals surface area contributed by atoms with E-state index in [1.165, 1.54) is 0 Å². The van der Waals surface area contributed by atoms with Crippen molar-refractivity contribution in [3.8, 4) is 0 Å². The molecule has 1 aromatic carbocycles. The highest BCUT2D eigenvalue weighted by atomic mass is 35.5. The van der Waals surface area contributed by atoms with E-state index < -0.39 is 5.54 Å². The molecular formula is C12H10Cl3N. The number of nitrogens with two attached hydrogens (primary N) is 1. The van der Waals surface area contributed by atoms with E-state index in [0.717, 1.165) is 5.56 Å². The van der Waals surface area contributed by atoms with Crippen molar-refractivity contribution in [3.05, 3.63) is 57.1 Å². The van der Waals surface area contributed by atoms with Gasteiger partial charge in [-0.15, -0.1) is 0 Å². The summed E-state index contributed by atoms with van der Waals surface area (Å²) in [4.78, 5) is 0. The van der Waals surface area contributed by atoms with Crippen LogP contribution >= 0.6 is 34.8 Å². The molecule has 0 aromatic heterocycles. The maximum absolute atomic E-state index is 6.28. The van der Waals surface area contributed by atoms with Crippen molar-refractivity contribution in [3.63, 3.8) is 0 Å². The van der Waals surface area contributed by atoms with Crippen LogP contribution in [0.4, 0.5) is 0 Å². The molecule has 0 fully saturated rings. The Balaban J connectivity index is 2.39. The first-order valence-electron chi connectivity index (χ1n) is 4.79. The van der Waals surface area contributed by atoms with E-state index in [4.69, 9.17) is 40.5 Å². The lowest BCUT2D eigenvalue weighted by Crippen LogP contribution is -2.35. The second-order valence-electron chi connectivity index (χ2n) is 3.81. The van der Waals surface area contributed by atoms with Crippen molar-refractivity contribution in [2.75, 3.05) is 0 Å². The minimum atomic E-state index is -0.625. The van der Waals surface area contributed by atoms with Gasteiger partial charge in [-0.2, -0.15) is 0 Å². The lowest BCUT2D eigenvalue weighted by Gasteiger charge is -2.29. The highest BCUT2D eigenvalue weighted by Gasteiger charge is 2.29. The van der Waals surface area contributed by atoms with Crippen LogP contribution in [-0.4, -0.2) is 0 Å². The van der Waals surface area contributed by atoms with Gasteiger partial charge in [0.2, 0.25) is 0 Å². The molecule has 1 aliphatic carbocycles. The number of hydrogen-bond donors (Lipinski definition) is 1. The Hall–Kier alpha value is -0.470. The number of allylic oxidation sites excluding steroid dienone is 2. The summed E-state index contributed by atoms with van der Waals surface area (Å²) in [5, 5.41) is 1.78. The molecule has 1 unspecified atom stereocenters. The average molecular weight is 275 g/mol. The molecule has 2 N–H and O–H groups in total. The SMILES string of the molecule is NC1(c2cccc(Cl)c2)C=CC(Cl)=C(Cl)C1. The van der Waals surface area contributed by atoms with Crippen molar-refractivity contribution in [1.29, 1.82) is 0 Å². The number of rotatable bonds is 1. The van der Waals surface area contributed by atoms with Gasteiger partial charge in [-0.05, 0) is 23.8 Å². The number of hydrogen-bond acceptors (Lipinski definition) is 1. The zero-order valence-corrected chi connectivity index (χ0v) is 10.7. The smallest absolute Gasteiger partial charge is 0.0649 e. The molecule has 1 nitrogen and oxygen atoms in total. The summed E-state index contributed by atoms with van der Waals surface area (Å²) in [5.74, 6) is 0. The van der Waals surface area contributed by atoms with Crippen LogP contribution in [0.5, 0.6) is 0 Å². The molecule has 1 atom stereocenters. The third-order valence-corrected chi connectivity index (χ3v) is 3.62. The molecule has 1 aromatic rings. The van der Waals surface area contributed by atoms with Gasteiger partial charge < -0.3 is 5.73 Å². The highest BCUT2D eigenvalue weighted by Crippen LogP contribution is 2.36. The monoisotopic (exact) mass is 273 g/mol. The minimum Gasteiger partial charge on any atom is -0.318 e. The quantitative estimate of drug-likeness (QED) is 0.818. The summed E-state index contributed by atoms with van der Waals surface area (Å²) in [6.45, 7) is 0. The Labute approximate surface area is 109 Å². The van der Waals surface area contributed by atoms with Gasteiger partial charge in [0.1, 0.15) is 0 Å². The van der Waals surface area contributed by atoms with E-state index in [-0.39, 0.29) is 0 Å². The van der Waals surface area contributed by atoms with Crippen molar-refractivity contribution < 1.29 is 0 Å². The van der Waals surface area contributed by atoms with Crippen molar-refractivity contribution in [2.45, 2.75) is 12.0 Å². The van der Waals surface area contributed by atoms with Crippen LogP contribution in [0.15, 0.2) is 46.5 Å². The van der Waals surface area contributed by atoms with Crippen molar-refractivity contribution in [2.24, 2.45) is 5.73 Å². The number of benzene rings is 1. The Morgan fingerprint density at radius 3 is 2.56 bits per heavy atom. The fourth-order valence-electron chi connectivity index (χ4n) is 1.69. The van der Waals surface area contributed by atoms with Crippen LogP contribution in [0, 0.1) is 0 Å². The molecule has 0 saturated carbocycles. The molecule has 0 radical (unpaired) electrons. The van der Waals surface area contributed by atoms with Gasteiger partial charge >= 0.3 is 0 Å². The third-order valence-electron chi connectivity index (χ3n) is 2.60. The molecule has 2 rings (SSSR count). The van der Waals surface area contributed by atoms with Crippen LogP contribution in [0.25, 0.3) is 0 Å². The molecular weight excluding hydrogens is 264 g/mol. The van der Waals surface area contributed by atoms with Crippen LogP contribution in [0.3, 0.4) is 0 Å². The molecule has 4 heteroatoms. The Kier molecular flexibility index (Phi) is 3.32. The maximum atomic E-state index is 6.28. The minimum absolute atomic E-state index is 0.490. The van der Waals surface area contributed by atoms with Crippen LogP contribution < -0.4 is 5.73 Å². The Morgan fingerprint density at radius 1 is 1.19 bits per heavy atom. The normalized spacial score (nSPS) is 25.0. The topological polar surface area (TPSA) is 26.0 Å². The first-order chi connectivity index (χ1) is 7.51. The second kappa shape index (κ2) is 4.42. The van der Waals surface area contributed by atoms with Gasteiger partial charge in [-0.3, -0.25) is 0 Å². The van der Waals surface area contributed by atoms with E-state index >= 15 is 0 Å². The van der Waals surface area contributed by atoms with E-state index in [1.807, 2.05) is 30.3 Å². The molecule has 16 heavy (non-hydrogen) atoms. The summed E-state index contributed by atoms with van der Waals surface area (Å²) in [6.07, 6.45) is 4.07. The average Bonchev–Trinajstić information content (AvgIpc) is 2.24. The molecule has 0 spiro atoms. The molecule has 0 amide bonds. The van der Waals surface area contributed by atoms with Gasteiger partial charge in [0, 0.05) is 16.5 Å². The second-order valence-corrected chi connectivity index (χ2v) is 5.11. The fraction of sp³-hybridized carbons (Fsp3) is 0.167. The summed E-state index contributed by atoms with van der Waals surface area (Å²) < 4.78 is 0. The first kappa shape index (κ1) is 12.0. The lowest BCUT2D eigenvalue weighted by molar-refractivity contribution is 0.559. The molecule has 0 aliphatic heterocycles. The number of halogens is 3. The van der Waals surface area contributed by atoms with Crippen molar-refractivity contribution in [1.82, 2.24) is 0 Å². The van der Waals surface area contributed by atoms with Crippen molar-refractivity contribution >= 4 is 34.8 Å². The summed E-state index contributed by atoms with van der Waals surface area (Å²) >= 11 is 17.9. The van der Waals surface area contributed by atoms with Crippen LogP contribution in [0.2, 0.25) is 5.02 Å². The van der Waals surface area contributed by atoms with E-state index in [9.17, 15) is 0 Å². The molecule has 0 saturated heterocycles.